The Hall–Kier alpha value is -1.46. The summed E-state index contributed by atoms with van der Waals surface area (Å²) >= 11 is 5.19. The molecule has 0 aliphatic heterocycles. The van der Waals surface area contributed by atoms with Gasteiger partial charge in [-0.2, -0.15) is 0 Å². The molecule has 0 saturated carbocycles. The maximum atomic E-state index is 5.79. The molecule has 0 radical (unpaired) electrons. The first kappa shape index (κ1) is 16.4. The van der Waals surface area contributed by atoms with Crippen LogP contribution >= 0.6 is 27.3 Å². The maximum Gasteiger partial charge on any atom is 0.221 e. The van der Waals surface area contributed by atoms with E-state index in [-0.39, 0.29) is 0 Å². The Morgan fingerprint density at radius 1 is 0.826 bits per heavy atom. The second-order valence-corrected chi connectivity index (χ2v) is 6.95. The summed E-state index contributed by atoms with van der Waals surface area (Å²) in [7, 11) is 3.33. The van der Waals surface area contributed by atoms with E-state index in [9.17, 15) is 0 Å². The van der Waals surface area contributed by atoms with E-state index in [4.69, 9.17) is 9.47 Å². The van der Waals surface area contributed by atoms with Gasteiger partial charge in [0.25, 0.3) is 0 Å². The van der Waals surface area contributed by atoms with Crippen molar-refractivity contribution < 1.29 is 9.47 Å². The molecule has 0 atom stereocenters. The Morgan fingerprint density at radius 3 is 1.87 bits per heavy atom. The number of thiophene rings is 1. The van der Waals surface area contributed by atoms with Gasteiger partial charge < -0.3 is 9.47 Å². The first-order valence-corrected chi connectivity index (χ1v) is 8.87. The van der Waals surface area contributed by atoms with E-state index in [2.05, 4.69) is 57.7 Å². The summed E-state index contributed by atoms with van der Waals surface area (Å²) in [6, 6.07) is 20.5. The van der Waals surface area contributed by atoms with Crippen LogP contribution in [0, 0.1) is 0 Å². The van der Waals surface area contributed by atoms with Crippen molar-refractivity contribution in [1.29, 1.82) is 0 Å². The first-order chi connectivity index (χ1) is 11.2. The van der Waals surface area contributed by atoms with Crippen LogP contribution in [-0.2, 0) is 15.3 Å². The molecule has 4 heteroatoms. The normalized spacial score (nSPS) is 11.6. The molecular weight excluding hydrogens is 372 g/mol. The fraction of sp³-hybridized carbons (Fsp3) is 0.158. The Balaban J connectivity index is 2.02. The van der Waals surface area contributed by atoms with Crippen LogP contribution in [0.4, 0.5) is 0 Å². The molecule has 2 aromatic carbocycles. The highest BCUT2D eigenvalue weighted by molar-refractivity contribution is 9.10. The van der Waals surface area contributed by atoms with E-state index >= 15 is 0 Å². The number of rotatable bonds is 5. The standard InChI is InChI=1S/C19H17BrO2S/c1-21-19(22-2,16-9-11-17(20)12-10-16)15-7-5-14(6-8-15)18-4-3-13-23-18/h3-13H,1-2H3. The van der Waals surface area contributed by atoms with Crippen LogP contribution in [0.5, 0.6) is 0 Å². The molecule has 118 valence electrons. The minimum Gasteiger partial charge on any atom is -0.346 e. The molecule has 0 amide bonds. The van der Waals surface area contributed by atoms with Gasteiger partial charge in [0.05, 0.1) is 0 Å². The SMILES string of the molecule is COC(OC)(c1ccc(Br)cc1)c1ccc(-c2cccs2)cc1. The quantitative estimate of drug-likeness (QED) is 0.524. The van der Waals surface area contributed by atoms with Crippen molar-refractivity contribution in [3.05, 3.63) is 81.6 Å². The molecular formula is C19H17BrO2S. The van der Waals surface area contributed by atoms with Gasteiger partial charge in [-0.25, -0.2) is 0 Å². The minimum absolute atomic E-state index is 0.908. The zero-order valence-electron chi connectivity index (χ0n) is 13.0. The van der Waals surface area contributed by atoms with Gasteiger partial charge in [0.15, 0.2) is 0 Å². The van der Waals surface area contributed by atoms with Crippen LogP contribution in [0.2, 0.25) is 0 Å². The monoisotopic (exact) mass is 388 g/mol. The van der Waals surface area contributed by atoms with Gasteiger partial charge in [0.2, 0.25) is 5.79 Å². The van der Waals surface area contributed by atoms with Crippen molar-refractivity contribution in [3.63, 3.8) is 0 Å². The van der Waals surface area contributed by atoms with E-state index in [1.165, 1.54) is 10.4 Å². The van der Waals surface area contributed by atoms with Crippen molar-refractivity contribution in [2.24, 2.45) is 0 Å². The Labute approximate surface area is 148 Å². The third-order valence-corrected chi connectivity index (χ3v) is 5.32. The van der Waals surface area contributed by atoms with E-state index in [1.807, 2.05) is 24.3 Å². The molecule has 3 aromatic rings. The maximum absolute atomic E-state index is 5.79. The van der Waals surface area contributed by atoms with Gasteiger partial charge in [-0.3, -0.25) is 0 Å². The molecule has 23 heavy (non-hydrogen) atoms. The summed E-state index contributed by atoms with van der Waals surface area (Å²) in [6.45, 7) is 0. The zero-order valence-corrected chi connectivity index (χ0v) is 15.4. The number of methoxy groups -OCH3 is 2. The van der Waals surface area contributed by atoms with Crippen molar-refractivity contribution >= 4 is 27.3 Å². The van der Waals surface area contributed by atoms with Crippen LogP contribution < -0.4 is 0 Å². The lowest BCUT2D eigenvalue weighted by Gasteiger charge is -2.32. The van der Waals surface area contributed by atoms with Crippen LogP contribution in [0.3, 0.4) is 0 Å². The molecule has 0 saturated heterocycles. The largest absolute Gasteiger partial charge is 0.346 e. The predicted molar refractivity (Wildman–Crippen MR) is 98.7 cm³/mol. The predicted octanol–water partition coefficient (Wildman–Crippen LogP) is 5.67. The van der Waals surface area contributed by atoms with Crippen molar-refractivity contribution in [1.82, 2.24) is 0 Å². The number of benzene rings is 2. The van der Waals surface area contributed by atoms with Crippen LogP contribution in [-0.4, -0.2) is 14.2 Å². The van der Waals surface area contributed by atoms with E-state index in [0.29, 0.717) is 0 Å². The molecule has 1 heterocycles. The second kappa shape index (κ2) is 6.97. The molecule has 0 unspecified atom stereocenters. The van der Waals surface area contributed by atoms with Gasteiger partial charge in [0, 0.05) is 34.7 Å². The van der Waals surface area contributed by atoms with Crippen molar-refractivity contribution in [2.75, 3.05) is 14.2 Å². The average Bonchev–Trinajstić information content (AvgIpc) is 3.13. The summed E-state index contributed by atoms with van der Waals surface area (Å²) in [5, 5.41) is 2.08. The summed E-state index contributed by atoms with van der Waals surface area (Å²) in [5.74, 6) is -0.908. The van der Waals surface area contributed by atoms with Gasteiger partial charge in [0.1, 0.15) is 0 Å². The van der Waals surface area contributed by atoms with Gasteiger partial charge in [-0.05, 0) is 29.1 Å². The third-order valence-electron chi connectivity index (χ3n) is 3.87. The van der Waals surface area contributed by atoms with Gasteiger partial charge in [-0.15, -0.1) is 11.3 Å². The second-order valence-electron chi connectivity index (χ2n) is 5.09. The molecule has 1 aromatic heterocycles. The molecule has 0 aliphatic rings. The number of ether oxygens (including phenoxy) is 2. The highest BCUT2D eigenvalue weighted by atomic mass is 79.9. The lowest BCUT2D eigenvalue weighted by Crippen LogP contribution is -2.32. The van der Waals surface area contributed by atoms with Crippen molar-refractivity contribution in [3.8, 4) is 10.4 Å². The van der Waals surface area contributed by atoms with Gasteiger partial charge >= 0.3 is 0 Å². The third kappa shape index (κ3) is 3.12. The van der Waals surface area contributed by atoms with Crippen LogP contribution in [0.25, 0.3) is 10.4 Å². The summed E-state index contributed by atoms with van der Waals surface area (Å²) < 4.78 is 12.6. The smallest absolute Gasteiger partial charge is 0.221 e. The number of hydrogen-bond donors (Lipinski definition) is 0. The van der Waals surface area contributed by atoms with E-state index in [1.54, 1.807) is 25.6 Å². The molecule has 0 bridgehead atoms. The fourth-order valence-electron chi connectivity index (χ4n) is 2.69. The highest BCUT2D eigenvalue weighted by Crippen LogP contribution is 2.36. The Morgan fingerprint density at radius 2 is 1.39 bits per heavy atom. The minimum atomic E-state index is -0.908. The molecule has 3 rings (SSSR count). The topological polar surface area (TPSA) is 18.5 Å². The Kier molecular flexibility index (Phi) is 4.97. The molecule has 0 N–H and O–H groups in total. The molecule has 0 aliphatic carbocycles. The number of hydrogen-bond acceptors (Lipinski definition) is 3. The number of halogens is 1. The Bertz CT molecular complexity index is 745. The van der Waals surface area contributed by atoms with Crippen molar-refractivity contribution in [2.45, 2.75) is 5.79 Å². The van der Waals surface area contributed by atoms with Crippen LogP contribution in [0.15, 0.2) is 70.5 Å². The molecule has 0 spiro atoms. The first-order valence-electron chi connectivity index (χ1n) is 7.20. The van der Waals surface area contributed by atoms with Crippen LogP contribution in [0.1, 0.15) is 11.1 Å². The lowest BCUT2D eigenvalue weighted by atomic mass is 9.96. The summed E-state index contributed by atoms with van der Waals surface area (Å²) in [4.78, 5) is 1.25. The fourth-order valence-corrected chi connectivity index (χ4v) is 3.68. The average molecular weight is 389 g/mol. The van der Waals surface area contributed by atoms with Gasteiger partial charge in [-0.1, -0.05) is 58.4 Å². The summed E-state index contributed by atoms with van der Waals surface area (Å²) in [5.41, 5.74) is 3.11. The molecule has 0 fully saturated rings. The van der Waals surface area contributed by atoms with E-state index < -0.39 is 5.79 Å². The molecule has 2 nitrogen and oxygen atoms in total. The highest BCUT2D eigenvalue weighted by Gasteiger charge is 2.34. The zero-order chi connectivity index (χ0) is 16.3. The summed E-state index contributed by atoms with van der Waals surface area (Å²) in [6.07, 6.45) is 0. The van der Waals surface area contributed by atoms with E-state index in [0.717, 1.165) is 15.6 Å². The lowest BCUT2D eigenvalue weighted by molar-refractivity contribution is -0.183.